The van der Waals surface area contributed by atoms with E-state index in [1.54, 1.807) is 0 Å². The first-order valence-electron chi connectivity index (χ1n) is 5.07. The molecule has 0 amide bonds. The van der Waals surface area contributed by atoms with E-state index in [1.807, 2.05) is 19.1 Å². The predicted octanol–water partition coefficient (Wildman–Crippen LogP) is 2.79. The van der Waals surface area contributed by atoms with E-state index in [-0.39, 0.29) is 5.82 Å². The number of rotatable bonds is 2. The maximum atomic E-state index is 13.7. The lowest BCUT2D eigenvalue weighted by Crippen LogP contribution is -2.05. The summed E-state index contributed by atoms with van der Waals surface area (Å²) in [6, 6.07) is 5.43. The van der Waals surface area contributed by atoms with Gasteiger partial charge in [-0.1, -0.05) is 0 Å². The molecular formula is C12H12FIN2. The second-order valence-electron chi connectivity index (χ2n) is 3.75. The number of aryl methyl sites for hydroxylation is 1. The van der Waals surface area contributed by atoms with Crippen molar-refractivity contribution in [2.45, 2.75) is 13.3 Å². The van der Waals surface area contributed by atoms with Crippen LogP contribution in [0.25, 0.3) is 10.9 Å². The van der Waals surface area contributed by atoms with E-state index in [0.717, 1.165) is 20.2 Å². The van der Waals surface area contributed by atoms with Crippen LogP contribution in [-0.4, -0.2) is 11.5 Å². The van der Waals surface area contributed by atoms with Crippen LogP contribution < -0.4 is 5.73 Å². The Morgan fingerprint density at radius 3 is 2.81 bits per heavy atom. The van der Waals surface area contributed by atoms with E-state index in [0.29, 0.717) is 18.5 Å². The highest BCUT2D eigenvalue weighted by Gasteiger charge is 2.08. The Labute approximate surface area is 107 Å². The molecule has 16 heavy (non-hydrogen) atoms. The van der Waals surface area contributed by atoms with Gasteiger partial charge in [0.25, 0.3) is 0 Å². The minimum atomic E-state index is -0.260. The van der Waals surface area contributed by atoms with Crippen molar-refractivity contribution < 1.29 is 4.39 Å². The zero-order valence-electron chi connectivity index (χ0n) is 8.93. The van der Waals surface area contributed by atoms with Gasteiger partial charge in [0.2, 0.25) is 0 Å². The number of aromatic nitrogens is 1. The van der Waals surface area contributed by atoms with Gasteiger partial charge in [0, 0.05) is 21.1 Å². The highest BCUT2D eigenvalue weighted by atomic mass is 127. The Hall–Kier alpha value is -0.750. The summed E-state index contributed by atoms with van der Waals surface area (Å²) in [5.41, 5.74) is 7.83. The van der Waals surface area contributed by atoms with Crippen LogP contribution in [0.1, 0.15) is 11.3 Å². The maximum Gasteiger partial charge on any atom is 0.150 e. The molecule has 0 saturated heterocycles. The molecular weight excluding hydrogens is 318 g/mol. The van der Waals surface area contributed by atoms with Gasteiger partial charge in [-0.2, -0.15) is 0 Å². The van der Waals surface area contributed by atoms with Crippen molar-refractivity contribution in [2.75, 3.05) is 6.54 Å². The van der Waals surface area contributed by atoms with Gasteiger partial charge >= 0.3 is 0 Å². The van der Waals surface area contributed by atoms with Gasteiger partial charge in [0.1, 0.15) is 11.3 Å². The third-order valence-electron chi connectivity index (χ3n) is 2.49. The third kappa shape index (κ3) is 2.17. The number of benzene rings is 1. The number of nitrogens with two attached hydrogens (primary N) is 1. The normalized spacial score (nSPS) is 11.0. The number of hydrogen-bond acceptors (Lipinski definition) is 2. The van der Waals surface area contributed by atoms with Crippen LogP contribution in [0.15, 0.2) is 18.2 Å². The minimum Gasteiger partial charge on any atom is -0.330 e. The largest absolute Gasteiger partial charge is 0.330 e. The Bertz CT molecular complexity index is 540. The number of halogens is 2. The van der Waals surface area contributed by atoms with E-state index in [4.69, 9.17) is 5.73 Å². The van der Waals surface area contributed by atoms with Gasteiger partial charge in [-0.15, -0.1) is 0 Å². The number of fused-ring (bicyclic) bond motifs is 1. The Kier molecular flexibility index (Phi) is 3.39. The molecule has 0 aliphatic heterocycles. The van der Waals surface area contributed by atoms with Crippen molar-refractivity contribution in [1.82, 2.24) is 4.98 Å². The van der Waals surface area contributed by atoms with Crippen LogP contribution in [0.3, 0.4) is 0 Å². The van der Waals surface area contributed by atoms with Gasteiger partial charge in [-0.3, -0.25) is 0 Å². The highest BCUT2D eigenvalue weighted by Crippen LogP contribution is 2.23. The minimum absolute atomic E-state index is 0.260. The molecule has 2 nitrogen and oxygen atoms in total. The zero-order chi connectivity index (χ0) is 11.7. The fraction of sp³-hybridized carbons (Fsp3) is 0.250. The van der Waals surface area contributed by atoms with Crippen LogP contribution in [0.2, 0.25) is 0 Å². The Balaban J connectivity index is 2.71. The molecule has 0 atom stereocenters. The molecule has 4 heteroatoms. The topological polar surface area (TPSA) is 38.9 Å². The van der Waals surface area contributed by atoms with Gasteiger partial charge in [-0.05, 0) is 59.8 Å². The van der Waals surface area contributed by atoms with Crippen LogP contribution >= 0.6 is 22.6 Å². The SMILES string of the molecule is Cc1cc(CCN)nc2c(F)cc(I)cc12. The average Bonchev–Trinajstić information content (AvgIpc) is 2.20. The lowest BCUT2D eigenvalue weighted by molar-refractivity contribution is 0.635. The molecule has 1 heterocycles. The molecule has 0 aliphatic carbocycles. The number of nitrogens with zero attached hydrogens (tertiary/aromatic N) is 1. The number of pyridine rings is 1. The fourth-order valence-electron chi connectivity index (χ4n) is 1.76. The lowest BCUT2D eigenvalue weighted by atomic mass is 10.1. The molecule has 2 aromatic rings. The van der Waals surface area contributed by atoms with Crippen LogP contribution in [-0.2, 0) is 6.42 Å². The number of hydrogen-bond donors (Lipinski definition) is 1. The summed E-state index contributed by atoms with van der Waals surface area (Å²) < 4.78 is 14.6. The molecule has 0 spiro atoms. The van der Waals surface area contributed by atoms with E-state index in [9.17, 15) is 4.39 Å². The van der Waals surface area contributed by atoms with Crippen molar-refractivity contribution in [3.8, 4) is 0 Å². The standard InChI is InChI=1S/C12H12FIN2/c1-7-4-9(2-3-15)16-12-10(7)5-8(14)6-11(12)13/h4-6H,2-3,15H2,1H3. The summed E-state index contributed by atoms with van der Waals surface area (Å²) >= 11 is 2.11. The molecule has 0 radical (unpaired) electrons. The average molecular weight is 330 g/mol. The maximum absolute atomic E-state index is 13.7. The monoisotopic (exact) mass is 330 g/mol. The van der Waals surface area contributed by atoms with Crippen molar-refractivity contribution in [3.05, 3.63) is 38.8 Å². The molecule has 0 aliphatic rings. The summed E-state index contributed by atoms with van der Waals surface area (Å²) in [4.78, 5) is 4.31. The Morgan fingerprint density at radius 2 is 2.12 bits per heavy atom. The highest BCUT2D eigenvalue weighted by molar-refractivity contribution is 14.1. The predicted molar refractivity (Wildman–Crippen MR) is 71.9 cm³/mol. The lowest BCUT2D eigenvalue weighted by Gasteiger charge is -2.07. The van der Waals surface area contributed by atoms with E-state index >= 15 is 0 Å². The van der Waals surface area contributed by atoms with Gasteiger partial charge in [-0.25, -0.2) is 9.37 Å². The van der Waals surface area contributed by atoms with E-state index in [2.05, 4.69) is 27.6 Å². The van der Waals surface area contributed by atoms with Crippen molar-refractivity contribution >= 4 is 33.5 Å². The summed E-state index contributed by atoms with van der Waals surface area (Å²) in [6.07, 6.45) is 0.683. The van der Waals surface area contributed by atoms with Crippen molar-refractivity contribution in [3.63, 3.8) is 0 Å². The molecule has 1 aromatic heterocycles. The smallest absolute Gasteiger partial charge is 0.150 e. The Morgan fingerprint density at radius 1 is 1.38 bits per heavy atom. The molecule has 84 valence electrons. The zero-order valence-corrected chi connectivity index (χ0v) is 11.1. The second-order valence-corrected chi connectivity index (χ2v) is 5.00. The van der Waals surface area contributed by atoms with Crippen molar-refractivity contribution in [1.29, 1.82) is 0 Å². The van der Waals surface area contributed by atoms with Crippen LogP contribution in [0.5, 0.6) is 0 Å². The van der Waals surface area contributed by atoms with Crippen LogP contribution in [0, 0.1) is 16.3 Å². The van der Waals surface area contributed by atoms with Gasteiger partial charge < -0.3 is 5.73 Å². The summed E-state index contributed by atoms with van der Waals surface area (Å²) in [5, 5.41) is 0.880. The summed E-state index contributed by atoms with van der Waals surface area (Å²) in [5.74, 6) is -0.260. The van der Waals surface area contributed by atoms with Crippen LogP contribution in [0.4, 0.5) is 4.39 Å². The molecule has 0 bridgehead atoms. The first-order valence-corrected chi connectivity index (χ1v) is 6.15. The fourth-order valence-corrected chi connectivity index (χ4v) is 2.34. The third-order valence-corrected chi connectivity index (χ3v) is 3.11. The second kappa shape index (κ2) is 4.63. The molecule has 0 unspecified atom stereocenters. The van der Waals surface area contributed by atoms with Gasteiger partial charge in [0.05, 0.1) is 0 Å². The van der Waals surface area contributed by atoms with E-state index < -0.39 is 0 Å². The van der Waals surface area contributed by atoms with Crippen molar-refractivity contribution in [2.24, 2.45) is 5.73 Å². The first kappa shape index (κ1) is 11.7. The molecule has 0 fully saturated rings. The van der Waals surface area contributed by atoms with E-state index in [1.165, 1.54) is 6.07 Å². The van der Waals surface area contributed by atoms with Gasteiger partial charge in [0.15, 0.2) is 0 Å². The molecule has 1 aromatic carbocycles. The molecule has 0 saturated carbocycles. The first-order chi connectivity index (χ1) is 7.61. The molecule has 2 N–H and O–H groups in total. The quantitative estimate of drug-likeness (QED) is 0.860. The summed E-state index contributed by atoms with van der Waals surface area (Å²) in [6.45, 7) is 2.50. The molecule has 2 rings (SSSR count). The summed E-state index contributed by atoms with van der Waals surface area (Å²) in [7, 11) is 0.